The number of urea groups is 1. The monoisotopic (exact) mass is 548 g/mol. The van der Waals surface area contributed by atoms with Crippen LogP contribution in [0.25, 0.3) is 16.6 Å². The average Bonchev–Trinajstić information content (AvgIpc) is 3.53. The number of carbonyl (C=O) groups excluding carboxylic acids is 2. The topological polar surface area (TPSA) is 87.7 Å². The number of piperidine rings is 1. The number of fused-ring (bicyclic) bond motifs is 1. The second kappa shape index (κ2) is 11.6. The van der Waals surface area contributed by atoms with Crippen molar-refractivity contribution < 1.29 is 14.0 Å². The maximum Gasteiger partial charge on any atom is 0.314 e. The number of benzene rings is 1. The molecule has 3 aromatic rings. The summed E-state index contributed by atoms with van der Waals surface area (Å²) in [5.74, 6) is 0.491. The number of carbonyl (C=O) groups is 2. The highest BCUT2D eigenvalue weighted by Crippen LogP contribution is 2.33. The molecule has 1 aromatic carbocycles. The summed E-state index contributed by atoms with van der Waals surface area (Å²) < 4.78 is 16.4. The highest BCUT2D eigenvalue weighted by atomic mass is 19.1. The van der Waals surface area contributed by atoms with E-state index in [-0.39, 0.29) is 18.0 Å². The molecule has 0 unspecified atom stereocenters. The number of primary amides is 1. The Kier molecular flexibility index (Phi) is 8.12. The van der Waals surface area contributed by atoms with E-state index in [0.717, 1.165) is 74.9 Å². The van der Waals surface area contributed by atoms with Crippen LogP contribution in [0.15, 0.2) is 36.8 Å². The summed E-state index contributed by atoms with van der Waals surface area (Å²) in [6.07, 6.45) is 9.94. The van der Waals surface area contributed by atoms with Crippen LogP contribution >= 0.6 is 0 Å². The lowest BCUT2D eigenvalue weighted by atomic mass is 9.96. The minimum atomic E-state index is -0.429. The molecule has 2 fully saturated rings. The van der Waals surface area contributed by atoms with Gasteiger partial charge in [-0.05, 0) is 94.2 Å². The normalized spacial score (nSPS) is 18.6. The number of aryl methyl sites for hydroxylation is 1. The number of rotatable bonds is 7. The van der Waals surface area contributed by atoms with Gasteiger partial charge in [-0.1, -0.05) is 0 Å². The van der Waals surface area contributed by atoms with E-state index < -0.39 is 5.82 Å². The molecular formula is C31H41FN6O2. The molecule has 3 amide bonds. The van der Waals surface area contributed by atoms with Gasteiger partial charge >= 0.3 is 6.03 Å². The van der Waals surface area contributed by atoms with Crippen LogP contribution in [0.4, 0.5) is 9.18 Å². The molecule has 0 radical (unpaired) electrons. The summed E-state index contributed by atoms with van der Waals surface area (Å²) in [4.78, 5) is 35.2. The zero-order chi connectivity index (χ0) is 28.6. The molecule has 5 rings (SSSR count). The molecule has 40 heavy (non-hydrogen) atoms. The molecule has 0 aliphatic carbocycles. The summed E-state index contributed by atoms with van der Waals surface area (Å²) in [5, 5.41) is 1.16. The fraction of sp³-hybridized carbons (Fsp3) is 0.516. The van der Waals surface area contributed by atoms with Gasteiger partial charge in [-0.3, -0.25) is 9.78 Å². The van der Waals surface area contributed by atoms with Crippen molar-refractivity contribution in [3.05, 3.63) is 59.3 Å². The molecule has 2 N–H and O–H groups in total. The maximum absolute atomic E-state index is 14.4. The Balaban J connectivity index is 1.38. The minimum Gasteiger partial charge on any atom is -0.351 e. The largest absolute Gasteiger partial charge is 0.351 e. The zero-order valence-electron chi connectivity index (χ0n) is 24.1. The van der Waals surface area contributed by atoms with Crippen molar-refractivity contribution in [3.8, 4) is 5.69 Å². The minimum absolute atomic E-state index is 0.00879. The standard InChI is InChI=1S/C31H41FN6O2/c1-20(2)35(4)30(39)26-14-25(32)5-6-27(26)38-19-24(29-21(3)15-34-16-28(29)38)13-23-7-10-36(18-23)17-22-8-11-37(12-9-22)31(33)40/h5-6,14-16,19-20,22-23H,7-13,17-18H2,1-4H3,(H2,33,40)/t23-/m0/s1. The second-order valence-corrected chi connectivity index (χ2v) is 11.9. The first-order chi connectivity index (χ1) is 19.1. The Labute approximate surface area is 235 Å². The number of pyridine rings is 1. The number of likely N-dealkylation sites (tertiary alicyclic amines) is 2. The molecule has 2 aliphatic rings. The van der Waals surface area contributed by atoms with Gasteiger partial charge in [-0.25, -0.2) is 9.18 Å². The van der Waals surface area contributed by atoms with Crippen LogP contribution < -0.4 is 5.73 Å². The van der Waals surface area contributed by atoms with E-state index in [0.29, 0.717) is 23.1 Å². The Morgan fingerprint density at radius 1 is 1.12 bits per heavy atom. The highest BCUT2D eigenvalue weighted by molar-refractivity contribution is 5.99. The van der Waals surface area contributed by atoms with E-state index in [9.17, 15) is 14.0 Å². The van der Waals surface area contributed by atoms with Crippen LogP contribution in [-0.2, 0) is 6.42 Å². The molecule has 2 aliphatic heterocycles. The molecule has 214 valence electrons. The smallest absolute Gasteiger partial charge is 0.314 e. The third-order valence-corrected chi connectivity index (χ3v) is 8.85. The van der Waals surface area contributed by atoms with Crippen molar-refractivity contribution in [2.24, 2.45) is 17.6 Å². The molecule has 4 heterocycles. The summed E-state index contributed by atoms with van der Waals surface area (Å²) >= 11 is 0. The number of amides is 3. The van der Waals surface area contributed by atoms with Crippen molar-refractivity contribution in [1.82, 2.24) is 24.3 Å². The number of nitrogens with two attached hydrogens (primary N) is 1. The molecule has 0 spiro atoms. The number of hydrogen-bond donors (Lipinski definition) is 1. The third-order valence-electron chi connectivity index (χ3n) is 8.85. The van der Waals surface area contributed by atoms with Crippen molar-refractivity contribution >= 4 is 22.8 Å². The number of halogens is 1. The third kappa shape index (κ3) is 5.70. The molecule has 0 bridgehead atoms. The van der Waals surface area contributed by atoms with Gasteiger partial charge in [0, 0.05) is 57.0 Å². The quantitative estimate of drug-likeness (QED) is 0.467. The Bertz CT molecular complexity index is 1390. The lowest BCUT2D eigenvalue weighted by molar-refractivity contribution is 0.0754. The number of hydrogen-bond acceptors (Lipinski definition) is 4. The van der Waals surface area contributed by atoms with Crippen LogP contribution in [0, 0.1) is 24.6 Å². The van der Waals surface area contributed by atoms with Gasteiger partial charge in [0.1, 0.15) is 5.82 Å². The second-order valence-electron chi connectivity index (χ2n) is 11.9. The Hall–Kier alpha value is -3.46. The summed E-state index contributed by atoms with van der Waals surface area (Å²) in [5.41, 5.74) is 9.71. The summed E-state index contributed by atoms with van der Waals surface area (Å²) in [6, 6.07) is 4.13. The van der Waals surface area contributed by atoms with Crippen LogP contribution in [-0.4, -0.2) is 82.0 Å². The van der Waals surface area contributed by atoms with Crippen molar-refractivity contribution in [3.63, 3.8) is 0 Å². The van der Waals surface area contributed by atoms with Crippen molar-refractivity contribution in [2.75, 3.05) is 39.8 Å². The molecule has 9 heteroatoms. The number of aromatic nitrogens is 2. The van der Waals surface area contributed by atoms with Gasteiger partial charge in [0.25, 0.3) is 5.91 Å². The Morgan fingerprint density at radius 3 is 2.55 bits per heavy atom. The van der Waals surface area contributed by atoms with E-state index in [4.69, 9.17) is 5.73 Å². The lowest BCUT2D eigenvalue weighted by Gasteiger charge is -2.33. The average molecular weight is 549 g/mol. The zero-order valence-corrected chi connectivity index (χ0v) is 24.1. The van der Waals surface area contributed by atoms with Crippen LogP contribution in [0.2, 0.25) is 0 Å². The van der Waals surface area contributed by atoms with Gasteiger partial charge < -0.3 is 25.0 Å². The van der Waals surface area contributed by atoms with Crippen molar-refractivity contribution in [1.29, 1.82) is 0 Å². The van der Waals surface area contributed by atoms with Gasteiger partial charge in [0.05, 0.1) is 23.0 Å². The number of nitrogens with zero attached hydrogens (tertiary/aromatic N) is 5. The first kappa shape index (κ1) is 28.1. The predicted molar refractivity (Wildman–Crippen MR) is 155 cm³/mol. The van der Waals surface area contributed by atoms with Crippen LogP contribution in [0.5, 0.6) is 0 Å². The van der Waals surface area contributed by atoms with Crippen molar-refractivity contribution in [2.45, 2.75) is 52.5 Å². The van der Waals surface area contributed by atoms with Crippen LogP contribution in [0.1, 0.15) is 54.6 Å². The van der Waals surface area contributed by atoms with E-state index in [1.54, 1.807) is 22.9 Å². The summed E-state index contributed by atoms with van der Waals surface area (Å²) in [6.45, 7) is 10.7. The highest BCUT2D eigenvalue weighted by Gasteiger charge is 2.29. The van der Waals surface area contributed by atoms with Crippen LogP contribution in [0.3, 0.4) is 0 Å². The molecule has 2 saturated heterocycles. The summed E-state index contributed by atoms with van der Waals surface area (Å²) in [7, 11) is 1.75. The van der Waals surface area contributed by atoms with Gasteiger partial charge in [-0.2, -0.15) is 0 Å². The molecule has 0 saturated carbocycles. The molecule has 2 aromatic heterocycles. The van der Waals surface area contributed by atoms with E-state index >= 15 is 0 Å². The van der Waals surface area contributed by atoms with Gasteiger partial charge in [0.15, 0.2) is 0 Å². The van der Waals surface area contributed by atoms with Gasteiger partial charge in [0.2, 0.25) is 0 Å². The first-order valence-corrected chi connectivity index (χ1v) is 14.4. The van der Waals surface area contributed by atoms with E-state index in [1.165, 1.54) is 17.7 Å². The maximum atomic E-state index is 14.4. The Morgan fingerprint density at radius 2 is 1.85 bits per heavy atom. The first-order valence-electron chi connectivity index (χ1n) is 14.4. The lowest BCUT2D eigenvalue weighted by Crippen LogP contribution is -2.43. The molecular weight excluding hydrogens is 507 g/mol. The molecule has 1 atom stereocenters. The van der Waals surface area contributed by atoms with E-state index in [2.05, 4.69) is 23.0 Å². The fourth-order valence-electron chi connectivity index (χ4n) is 6.37. The fourth-order valence-corrected chi connectivity index (χ4v) is 6.37. The SMILES string of the molecule is Cc1cncc2c1c(C[C@@H]1CCN(CC3CCN(C(N)=O)CC3)C1)cn2-c1ccc(F)cc1C(=O)N(C)C(C)C. The van der Waals surface area contributed by atoms with E-state index in [1.807, 2.05) is 30.8 Å². The molecule has 8 nitrogen and oxygen atoms in total. The predicted octanol–water partition coefficient (Wildman–Crippen LogP) is 4.61. The van der Waals surface area contributed by atoms with Gasteiger partial charge in [-0.15, -0.1) is 0 Å².